The fourth-order valence-electron chi connectivity index (χ4n) is 3.36. The molecule has 0 aliphatic carbocycles. The Hall–Kier alpha value is -1.06. The van der Waals surface area contributed by atoms with E-state index in [0.717, 1.165) is 18.8 Å². The third kappa shape index (κ3) is 2.77. The first-order valence-electron chi connectivity index (χ1n) is 7.50. The summed E-state index contributed by atoms with van der Waals surface area (Å²) in [5.74, 6) is 0.987. The van der Waals surface area contributed by atoms with Crippen molar-refractivity contribution >= 4 is 0 Å². The summed E-state index contributed by atoms with van der Waals surface area (Å²) in [5.41, 5.74) is 2.90. The molecule has 1 saturated heterocycles. The lowest BCUT2D eigenvalue weighted by molar-refractivity contribution is 0.191. The first kappa shape index (κ1) is 12.9. The van der Waals surface area contributed by atoms with E-state index >= 15 is 0 Å². The Morgan fingerprint density at radius 2 is 1.95 bits per heavy atom. The third-order valence-electron chi connectivity index (χ3n) is 4.45. The summed E-state index contributed by atoms with van der Waals surface area (Å²) in [6, 6.07) is 7.05. The van der Waals surface area contributed by atoms with Gasteiger partial charge in [0.15, 0.2) is 0 Å². The monoisotopic (exact) mass is 260 g/mol. The molecule has 1 fully saturated rings. The van der Waals surface area contributed by atoms with Crippen LogP contribution in [0.5, 0.6) is 5.75 Å². The molecule has 2 aliphatic rings. The second kappa shape index (κ2) is 5.93. The van der Waals surface area contributed by atoms with Crippen molar-refractivity contribution in [3.8, 4) is 5.75 Å². The fraction of sp³-hybridized carbons (Fsp3) is 0.625. The average molecular weight is 260 g/mol. The summed E-state index contributed by atoms with van der Waals surface area (Å²) in [7, 11) is 1.75. The smallest absolute Gasteiger partial charge is 0.119 e. The molecule has 104 valence electrons. The van der Waals surface area contributed by atoms with E-state index in [4.69, 9.17) is 4.74 Å². The van der Waals surface area contributed by atoms with Crippen molar-refractivity contribution in [1.29, 1.82) is 0 Å². The van der Waals surface area contributed by atoms with E-state index in [-0.39, 0.29) is 0 Å². The fourth-order valence-corrected chi connectivity index (χ4v) is 3.36. The molecule has 0 spiro atoms. The van der Waals surface area contributed by atoms with Gasteiger partial charge in [-0.25, -0.2) is 0 Å². The predicted octanol–water partition coefficient (Wildman–Crippen LogP) is 2.72. The van der Waals surface area contributed by atoms with Gasteiger partial charge in [0.1, 0.15) is 5.75 Å². The van der Waals surface area contributed by atoms with Crippen LogP contribution in [0.15, 0.2) is 18.2 Å². The van der Waals surface area contributed by atoms with Crippen molar-refractivity contribution in [2.45, 2.75) is 38.3 Å². The zero-order chi connectivity index (χ0) is 13.1. The number of likely N-dealkylation sites (tertiary alicyclic amines) is 1. The van der Waals surface area contributed by atoms with Crippen LogP contribution in [0.3, 0.4) is 0 Å². The standard InChI is InChI=1S/C16H24N2O/c1-19-14-7-6-13-11-17-12-16(15(13)10-14)18-8-4-2-3-5-9-18/h6-7,10,16-17H,2-5,8-9,11-12H2,1H3/t16-/m1/s1. The molecule has 1 N–H and O–H groups in total. The van der Waals surface area contributed by atoms with Crippen LogP contribution >= 0.6 is 0 Å². The van der Waals surface area contributed by atoms with Crippen LogP contribution in [0.25, 0.3) is 0 Å². The first-order chi connectivity index (χ1) is 9.38. The summed E-state index contributed by atoms with van der Waals surface area (Å²) < 4.78 is 5.40. The number of hydrogen-bond donors (Lipinski definition) is 1. The highest BCUT2D eigenvalue weighted by Gasteiger charge is 2.26. The minimum atomic E-state index is 0.525. The molecule has 0 aromatic heterocycles. The van der Waals surface area contributed by atoms with Gasteiger partial charge in [0.25, 0.3) is 0 Å². The average Bonchev–Trinajstić information content (AvgIpc) is 2.75. The molecule has 0 unspecified atom stereocenters. The maximum absolute atomic E-state index is 5.40. The second-order valence-corrected chi connectivity index (χ2v) is 5.66. The van der Waals surface area contributed by atoms with E-state index in [0.29, 0.717) is 6.04 Å². The SMILES string of the molecule is COc1ccc2c(c1)[C@H](N1CCCCCC1)CNC2. The second-order valence-electron chi connectivity index (χ2n) is 5.66. The molecule has 0 amide bonds. The maximum Gasteiger partial charge on any atom is 0.119 e. The summed E-state index contributed by atoms with van der Waals surface area (Å²) in [4.78, 5) is 2.66. The van der Waals surface area contributed by atoms with Crippen molar-refractivity contribution in [2.75, 3.05) is 26.7 Å². The van der Waals surface area contributed by atoms with Crippen molar-refractivity contribution < 1.29 is 4.74 Å². The van der Waals surface area contributed by atoms with Crippen molar-refractivity contribution in [3.63, 3.8) is 0 Å². The zero-order valence-corrected chi connectivity index (χ0v) is 11.8. The normalized spacial score (nSPS) is 24.6. The van der Waals surface area contributed by atoms with Gasteiger partial charge < -0.3 is 10.1 Å². The Labute approximate surface area is 115 Å². The third-order valence-corrected chi connectivity index (χ3v) is 4.45. The van der Waals surface area contributed by atoms with Crippen LogP contribution in [-0.2, 0) is 6.54 Å². The number of nitrogens with zero attached hydrogens (tertiary/aromatic N) is 1. The first-order valence-corrected chi connectivity index (χ1v) is 7.50. The maximum atomic E-state index is 5.40. The Bertz CT molecular complexity index is 425. The van der Waals surface area contributed by atoms with E-state index in [1.807, 2.05) is 0 Å². The van der Waals surface area contributed by atoms with Gasteiger partial charge in [0.2, 0.25) is 0 Å². The molecule has 0 radical (unpaired) electrons. The lowest BCUT2D eigenvalue weighted by Crippen LogP contribution is -2.40. The van der Waals surface area contributed by atoms with E-state index < -0.39 is 0 Å². The highest BCUT2D eigenvalue weighted by Crippen LogP contribution is 2.31. The lowest BCUT2D eigenvalue weighted by atomic mass is 9.95. The van der Waals surface area contributed by atoms with E-state index in [2.05, 4.69) is 28.4 Å². The quantitative estimate of drug-likeness (QED) is 0.885. The van der Waals surface area contributed by atoms with Gasteiger partial charge in [0, 0.05) is 19.1 Å². The number of benzene rings is 1. The summed E-state index contributed by atoms with van der Waals surface area (Å²) in [5, 5.41) is 3.56. The Morgan fingerprint density at radius 1 is 1.16 bits per heavy atom. The van der Waals surface area contributed by atoms with Crippen molar-refractivity contribution in [1.82, 2.24) is 10.2 Å². The van der Waals surface area contributed by atoms with Gasteiger partial charge in [0.05, 0.1) is 7.11 Å². The van der Waals surface area contributed by atoms with E-state index in [1.54, 1.807) is 7.11 Å². The van der Waals surface area contributed by atoms with Crippen LogP contribution in [0.1, 0.15) is 42.9 Å². The Balaban J connectivity index is 1.87. The molecule has 1 atom stereocenters. The number of nitrogens with one attached hydrogen (secondary N) is 1. The highest BCUT2D eigenvalue weighted by atomic mass is 16.5. The number of ether oxygens (including phenoxy) is 1. The van der Waals surface area contributed by atoms with Gasteiger partial charge in [-0.3, -0.25) is 4.90 Å². The predicted molar refractivity (Wildman–Crippen MR) is 77.5 cm³/mol. The molecule has 0 saturated carbocycles. The van der Waals surface area contributed by atoms with Gasteiger partial charge in [-0.15, -0.1) is 0 Å². The molecule has 0 bridgehead atoms. The Morgan fingerprint density at radius 3 is 2.68 bits per heavy atom. The van der Waals surface area contributed by atoms with Crippen LogP contribution in [0.2, 0.25) is 0 Å². The minimum absolute atomic E-state index is 0.525. The molecule has 3 heteroatoms. The molecule has 1 aromatic carbocycles. The number of methoxy groups -OCH3 is 1. The summed E-state index contributed by atoms with van der Waals surface area (Å²) in [6.07, 6.45) is 5.47. The molecule has 3 nitrogen and oxygen atoms in total. The number of fused-ring (bicyclic) bond motifs is 1. The topological polar surface area (TPSA) is 24.5 Å². The summed E-state index contributed by atoms with van der Waals surface area (Å²) >= 11 is 0. The van der Waals surface area contributed by atoms with Crippen LogP contribution < -0.4 is 10.1 Å². The summed E-state index contributed by atoms with van der Waals surface area (Å²) in [6.45, 7) is 4.54. The number of hydrogen-bond acceptors (Lipinski definition) is 3. The largest absolute Gasteiger partial charge is 0.497 e. The molecule has 3 rings (SSSR count). The molecular formula is C16H24N2O. The molecule has 19 heavy (non-hydrogen) atoms. The molecule has 2 heterocycles. The number of rotatable bonds is 2. The van der Waals surface area contributed by atoms with Gasteiger partial charge in [-0.2, -0.15) is 0 Å². The van der Waals surface area contributed by atoms with E-state index in [1.165, 1.54) is 49.9 Å². The van der Waals surface area contributed by atoms with Gasteiger partial charge in [-0.1, -0.05) is 18.9 Å². The van der Waals surface area contributed by atoms with Crippen molar-refractivity contribution in [2.24, 2.45) is 0 Å². The van der Waals surface area contributed by atoms with Gasteiger partial charge in [-0.05, 0) is 49.2 Å². The molecular weight excluding hydrogens is 236 g/mol. The van der Waals surface area contributed by atoms with Crippen LogP contribution in [-0.4, -0.2) is 31.6 Å². The van der Waals surface area contributed by atoms with Crippen molar-refractivity contribution in [3.05, 3.63) is 29.3 Å². The Kier molecular flexibility index (Phi) is 4.04. The molecule has 2 aliphatic heterocycles. The molecule has 1 aromatic rings. The van der Waals surface area contributed by atoms with Gasteiger partial charge >= 0.3 is 0 Å². The highest BCUT2D eigenvalue weighted by molar-refractivity contribution is 5.39. The zero-order valence-electron chi connectivity index (χ0n) is 11.8. The van der Waals surface area contributed by atoms with E-state index in [9.17, 15) is 0 Å². The van der Waals surface area contributed by atoms with Crippen LogP contribution in [0.4, 0.5) is 0 Å². The van der Waals surface area contributed by atoms with Crippen LogP contribution in [0, 0.1) is 0 Å². The lowest BCUT2D eigenvalue weighted by Gasteiger charge is -2.35. The minimum Gasteiger partial charge on any atom is -0.497 e.